The molecule has 0 aliphatic carbocycles. The van der Waals surface area contributed by atoms with Crippen LogP contribution in [-0.2, 0) is 4.79 Å². The van der Waals surface area contributed by atoms with Crippen molar-refractivity contribution in [1.82, 2.24) is 5.32 Å². The topological polar surface area (TPSA) is 41.5 Å². The summed E-state index contributed by atoms with van der Waals surface area (Å²) in [5, 5.41) is 2.33. The highest BCUT2D eigenvalue weighted by Gasteiger charge is 1.81. The summed E-state index contributed by atoms with van der Waals surface area (Å²) in [6.07, 6.45) is 2.03. The van der Waals surface area contributed by atoms with Gasteiger partial charge in [0, 0.05) is 7.05 Å². The normalized spacial score (nSPS) is 10.4. The predicted octanol–water partition coefficient (Wildman–Crippen LogP) is -0.0533. The molecule has 0 unspecified atom stereocenters. The van der Waals surface area contributed by atoms with Crippen molar-refractivity contribution in [3.63, 3.8) is 0 Å². The summed E-state index contributed by atoms with van der Waals surface area (Å²) in [5.41, 5.74) is 0. The van der Waals surface area contributed by atoms with Gasteiger partial charge in [0.05, 0.1) is 0 Å². The lowest BCUT2D eigenvalue weighted by Gasteiger charge is -1.91. The third-order valence-corrected chi connectivity index (χ3v) is 0.641. The Morgan fingerprint density at radius 3 is 2.62 bits per heavy atom. The van der Waals surface area contributed by atoms with Crippen LogP contribution in [0.15, 0.2) is 17.6 Å². The second-order valence-corrected chi connectivity index (χ2v) is 1.08. The predicted molar refractivity (Wildman–Crippen MR) is 32.8 cm³/mol. The van der Waals surface area contributed by atoms with Gasteiger partial charge in [-0.1, -0.05) is 6.58 Å². The summed E-state index contributed by atoms with van der Waals surface area (Å²) >= 11 is 0. The molecule has 0 fully saturated rings. The van der Waals surface area contributed by atoms with Crippen LogP contribution in [0.5, 0.6) is 0 Å². The second-order valence-electron chi connectivity index (χ2n) is 1.08. The van der Waals surface area contributed by atoms with E-state index in [0.29, 0.717) is 12.2 Å². The molecule has 0 atom stereocenters. The van der Waals surface area contributed by atoms with Crippen molar-refractivity contribution in [2.75, 3.05) is 7.05 Å². The molecule has 0 spiro atoms. The molecule has 3 heteroatoms. The average molecular weight is 112 g/mol. The van der Waals surface area contributed by atoms with E-state index in [9.17, 15) is 4.79 Å². The van der Waals surface area contributed by atoms with Gasteiger partial charge in [0.1, 0.15) is 5.84 Å². The van der Waals surface area contributed by atoms with Crippen LogP contribution in [-0.4, -0.2) is 19.3 Å². The summed E-state index contributed by atoms with van der Waals surface area (Å²) in [7, 11) is 1.58. The van der Waals surface area contributed by atoms with Gasteiger partial charge < -0.3 is 5.32 Å². The number of carbonyl (C=O) groups is 1. The molecular weight excluding hydrogens is 104 g/mol. The zero-order valence-electron chi connectivity index (χ0n) is 4.72. The monoisotopic (exact) mass is 112 g/mol. The van der Waals surface area contributed by atoms with Gasteiger partial charge >= 0.3 is 0 Å². The summed E-state index contributed by atoms with van der Waals surface area (Å²) in [6, 6.07) is 0. The van der Waals surface area contributed by atoms with E-state index in [0.717, 1.165) is 0 Å². The number of carbonyl (C=O) groups excluding carboxylic acids is 1. The van der Waals surface area contributed by atoms with Crippen molar-refractivity contribution in [1.29, 1.82) is 0 Å². The molecule has 0 radical (unpaired) electrons. The summed E-state index contributed by atoms with van der Waals surface area (Å²) < 4.78 is 0. The third kappa shape index (κ3) is 2.12. The lowest BCUT2D eigenvalue weighted by Crippen LogP contribution is -2.18. The van der Waals surface area contributed by atoms with E-state index in [4.69, 9.17) is 0 Å². The lowest BCUT2D eigenvalue weighted by atomic mass is 10.6. The van der Waals surface area contributed by atoms with Crippen molar-refractivity contribution < 1.29 is 4.79 Å². The summed E-state index contributed by atoms with van der Waals surface area (Å²) in [5.74, 6) is 0.486. The Kier molecular flexibility index (Phi) is 3.48. The fourth-order valence-electron chi connectivity index (χ4n) is 0.275. The van der Waals surface area contributed by atoms with E-state index in [1.807, 2.05) is 0 Å². The first kappa shape index (κ1) is 6.88. The highest BCUT2D eigenvalue weighted by Crippen LogP contribution is 1.67. The Hall–Kier alpha value is -1.12. The van der Waals surface area contributed by atoms with Crippen LogP contribution in [0, 0.1) is 0 Å². The first-order valence-corrected chi connectivity index (χ1v) is 2.14. The van der Waals surface area contributed by atoms with Crippen molar-refractivity contribution in [3.8, 4) is 0 Å². The van der Waals surface area contributed by atoms with Gasteiger partial charge in [0.25, 0.3) is 0 Å². The zero-order valence-corrected chi connectivity index (χ0v) is 4.72. The maximum Gasteiger partial charge on any atom is 0.212 e. The number of nitrogens with zero attached hydrogens (tertiary/aromatic N) is 1. The maximum absolute atomic E-state index is 9.69. The number of aliphatic imine (C=N–C) groups is 1. The van der Waals surface area contributed by atoms with E-state index in [1.54, 1.807) is 7.05 Å². The Labute approximate surface area is 48.1 Å². The zero-order chi connectivity index (χ0) is 6.41. The van der Waals surface area contributed by atoms with Crippen LogP contribution < -0.4 is 5.32 Å². The van der Waals surface area contributed by atoms with Gasteiger partial charge in [0.2, 0.25) is 6.41 Å². The van der Waals surface area contributed by atoms with Crippen LogP contribution in [0.4, 0.5) is 0 Å². The quantitative estimate of drug-likeness (QED) is 0.303. The molecule has 0 rings (SSSR count). The maximum atomic E-state index is 9.69. The van der Waals surface area contributed by atoms with Crippen LogP contribution in [0.3, 0.4) is 0 Å². The van der Waals surface area contributed by atoms with E-state index in [-0.39, 0.29) is 0 Å². The molecule has 0 bridgehead atoms. The lowest BCUT2D eigenvalue weighted by molar-refractivity contribution is -0.108. The number of nitrogens with one attached hydrogen (secondary N) is 1. The largest absolute Gasteiger partial charge is 0.314 e. The minimum absolute atomic E-state index is 0.486. The highest BCUT2D eigenvalue weighted by molar-refractivity contribution is 5.98. The second kappa shape index (κ2) is 4.05. The summed E-state index contributed by atoms with van der Waals surface area (Å²) in [4.78, 5) is 13.3. The molecule has 0 heterocycles. The minimum atomic E-state index is 0.486. The first-order chi connectivity index (χ1) is 3.85. The van der Waals surface area contributed by atoms with E-state index >= 15 is 0 Å². The fourth-order valence-corrected chi connectivity index (χ4v) is 0.275. The molecule has 0 aliphatic heterocycles. The Morgan fingerprint density at radius 2 is 2.50 bits per heavy atom. The molecular formula is C5H8N2O. The minimum Gasteiger partial charge on any atom is -0.314 e. The van der Waals surface area contributed by atoms with E-state index in [2.05, 4.69) is 16.9 Å². The van der Waals surface area contributed by atoms with Crippen LogP contribution >= 0.6 is 0 Å². The Morgan fingerprint density at radius 1 is 1.88 bits per heavy atom. The van der Waals surface area contributed by atoms with Gasteiger partial charge in [0.15, 0.2) is 0 Å². The Bertz CT molecular complexity index is 118. The highest BCUT2D eigenvalue weighted by atomic mass is 16.1. The molecule has 3 nitrogen and oxygen atoms in total. The smallest absolute Gasteiger partial charge is 0.212 e. The summed E-state index contributed by atoms with van der Waals surface area (Å²) in [6.45, 7) is 3.40. The van der Waals surface area contributed by atoms with E-state index in [1.165, 1.54) is 6.08 Å². The van der Waals surface area contributed by atoms with Gasteiger partial charge in [-0.25, -0.2) is 0 Å². The van der Waals surface area contributed by atoms with Gasteiger partial charge in [-0.05, 0) is 6.08 Å². The van der Waals surface area contributed by atoms with Gasteiger partial charge in [-0.3, -0.25) is 9.79 Å². The Balaban J connectivity index is 3.71. The molecule has 0 aromatic heterocycles. The number of hydrogen-bond donors (Lipinski definition) is 1. The molecule has 1 amide bonds. The molecule has 1 N–H and O–H groups in total. The molecule has 0 aromatic carbocycles. The van der Waals surface area contributed by atoms with Crippen molar-refractivity contribution in [3.05, 3.63) is 12.7 Å². The molecule has 0 aliphatic rings. The molecule has 0 saturated heterocycles. The number of amidine groups is 1. The standard InChI is InChI=1S/C5H8N2O/c1-3-5(6-2)7-4-8/h3-4H,1H2,2H3,(H,6,7,8). The number of hydrogen-bond acceptors (Lipinski definition) is 2. The third-order valence-electron chi connectivity index (χ3n) is 0.641. The molecule has 0 aromatic rings. The fraction of sp³-hybridized carbons (Fsp3) is 0.200. The van der Waals surface area contributed by atoms with Crippen molar-refractivity contribution >= 4 is 12.2 Å². The van der Waals surface area contributed by atoms with Gasteiger partial charge in [-0.2, -0.15) is 0 Å². The van der Waals surface area contributed by atoms with Crippen molar-refractivity contribution in [2.24, 2.45) is 4.99 Å². The molecule has 0 saturated carbocycles. The van der Waals surface area contributed by atoms with Crippen LogP contribution in [0.25, 0.3) is 0 Å². The van der Waals surface area contributed by atoms with Crippen molar-refractivity contribution in [2.45, 2.75) is 0 Å². The van der Waals surface area contributed by atoms with Crippen LogP contribution in [0.1, 0.15) is 0 Å². The van der Waals surface area contributed by atoms with E-state index < -0.39 is 0 Å². The van der Waals surface area contributed by atoms with Crippen LogP contribution in [0.2, 0.25) is 0 Å². The van der Waals surface area contributed by atoms with Gasteiger partial charge in [-0.15, -0.1) is 0 Å². The number of rotatable bonds is 2. The molecule has 44 valence electrons. The number of amides is 1. The first-order valence-electron chi connectivity index (χ1n) is 2.14. The SMILES string of the molecule is C=CC(=NC)NC=O. The molecule has 8 heavy (non-hydrogen) atoms. The average Bonchev–Trinajstić information content (AvgIpc) is 1.83.